The smallest absolute Gasteiger partial charge is 0.171 e. The predicted octanol–water partition coefficient (Wildman–Crippen LogP) is 2.26. The molecule has 4 nitrogen and oxygen atoms in total. The molecule has 1 unspecified atom stereocenters. The van der Waals surface area contributed by atoms with Crippen LogP contribution in [0, 0.1) is 5.92 Å². The Hall–Kier alpha value is -0.720. The molecule has 0 aromatic heterocycles. The lowest BCUT2D eigenvalue weighted by atomic mass is 10.2. The van der Waals surface area contributed by atoms with Crippen LogP contribution in [0.4, 0.5) is 0 Å². The maximum absolute atomic E-state index is 8.97. The molecule has 1 aromatic carbocycles. The average molecular weight is 319 g/mol. The summed E-state index contributed by atoms with van der Waals surface area (Å²) in [7, 11) is 0. The molecule has 1 atom stereocenters. The van der Waals surface area contributed by atoms with E-state index in [9.17, 15) is 0 Å². The minimum Gasteiger partial charge on any atom is -0.409 e. The molecule has 17 heavy (non-hydrogen) atoms. The van der Waals surface area contributed by atoms with Crippen LogP contribution in [0.2, 0.25) is 0 Å². The van der Waals surface area contributed by atoms with Crippen molar-refractivity contribution in [1.29, 1.82) is 0 Å². The molecule has 0 saturated heterocycles. The molecule has 0 radical (unpaired) electrons. The minimum absolute atomic E-state index is 0.0884. The summed E-state index contributed by atoms with van der Waals surface area (Å²) < 4.78 is 0.874. The quantitative estimate of drug-likeness (QED) is 0.256. The van der Waals surface area contributed by atoms with Crippen molar-refractivity contribution in [1.82, 2.24) is 0 Å². The zero-order valence-corrected chi connectivity index (χ0v) is 11.8. The molecule has 94 valence electrons. The van der Waals surface area contributed by atoms with Gasteiger partial charge in [-0.25, -0.2) is 0 Å². The van der Waals surface area contributed by atoms with Crippen LogP contribution in [0.1, 0.15) is 12.5 Å². The molecule has 0 bridgehead atoms. The number of hydrogen-bond acceptors (Lipinski definition) is 4. The fourth-order valence-corrected chi connectivity index (χ4v) is 2.58. The molecular formula is C11H15BrN2O2S. The van der Waals surface area contributed by atoms with Crippen LogP contribution in [-0.4, -0.2) is 28.5 Å². The number of aliphatic hydroxyl groups excluding tert-OH is 1. The number of amidine groups is 1. The van der Waals surface area contributed by atoms with Gasteiger partial charge in [-0.3, -0.25) is 0 Å². The van der Waals surface area contributed by atoms with Crippen molar-refractivity contribution in [2.75, 3.05) is 12.4 Å². The Morgan fingerprint density at radius 1 is 1.59 bits per heavy atom. The molecule has 0 heterocycles. The summed E-state index contributed by atoms with van der Waals surface area (Å²) in [6.07, 6.45) is 0. The SMILES string of the molecule is CC(CO)CSc1ccc(Br)cc1/C(N)=N/O. The second kappa shape index (κ2) is 6.88. The van der Waals surface area contributed by atoms with E-state index in [1.807, 2.05) is 19.1 Å². The van der Waals surface area contributed by atoms with Gasteiger partial charge in [-0.15, -0.1) is 11.8 Å². The summed E-state index contributed by atoms with van der Waals surface area (Å²) in [6, 6.07) is 5.62. The van der Waals surface area contributed by atoms with Crippen molar-refractivity contribution >= 4 is 33.5 Å². The number of benzene rings is 1. The van der Waals surface area contributed by atoms with Crippen molar-refractivity contribution in [3.05, 3.63) is 28.2 Å². The first-order valence-electron chi connectivity index (χ1n) is 5.09. The van der Waals surface area contributed by atoms with E-state index in [0.717, 1.165) is 15.1 Å². The van der Waals surface area contributed by atoms with Crippen LogP contribution in [0.15, 0.2) is 32.7 Å². The van der Waals surface area contributed by atoms with E-state index in [1.54, 1.807) is 17.8 Å². The highest BCUT2D eigenvalue weighted by molar-refractivity contribution is 9.10. The molecule has 0 spiro atoms. The van der Waals surface area contributed by atoms with Gasteiger partial charge in [0.15, 0.2) is 5.84 Å². The number of halogens is 1. The monoisotopic (exact) mass is 318 g/mol. The van der Waals surface area contributed by atoms with Crippen LogP contribution >= 0.6 is 27.7 Å². The summed E-state index contributed by atoms with van der Waals surface area (Å²) in [5.74, 6) is 1.08. The molecule has 4 N–H and O–H groups in total. The van der Waals surface area contributed by atoms with Crippen LogP contribution in [0.25, 0.3) is 0 Å². The number of thioether (sulfide) groups is 1. The summed E-state index contributed by atoms with van der Waals surface area (Å²) in [5, 5.41) is 20.7. The van der Waals surface area contributed by atoms with Gasteiger partial charge >= 0.3 is 0 Å². The molecule has 1 rings (SSSR count). The van der Waals surface area contributed by atoms with Gasteiger partial charge in [-0.1, -0.05) is 28.0 Å². The van der Waals surface area contributed by atoms with Gasteiger partial charge in [0.05, 0.1) is 0 Å². The van der Waals surface area contributed by atoms with Gasteiger partial charge < -0.3 is 16.0 Å². The van der Waals surface area contributed by atoms with Gasteiger partial charge in [0.25, 0.3) is 0 Å². The molecule has 0 aliphatic rings. The Bertz CT molecular complexity index is 412. The largest absolute Gasteiger partial charge is 0.409 e. The fraction of sp³-hybridized carbons (Fsp3) is 0.364. The topological polar surface area (TPSA) is 78.8 Å². The number of oxime groups is 1. The minimum atomic E-state index is 0.0884. The summed E-state index contributed by atoms with van der Waals surface area (Å²) in [6.45, 7) is 2.12. The predicted molar refractivity (Wildman–Crippen MR) is 73.6 cm³/mol. The highest BCUT2D eigenvalue weighted by Gasteiger charge is 2.10. The zero-order valence-electron chi connectivity index (χ0n) is 9.43. The number of nitrogens with two attached hydrogens (primary N) is 1. The summed E-state index contributed by atoms with van der Waals surface area (Å²) in [4.78, 5) is 0.934. The molecule has 0 amide bonds. The van der Waals surface area contributed by atoms with E-state index in [-0.39, 0.29) is 18.4 Å². The third-order valence-electron chi connectivity index (χ3n) is 2.16. The van der Waals surface area contributed by atoms with Crippen molar-refractivity contribution in [2.45, 2.75) is 11.8 Å². The maximum Gasteiger partial charge on any atom is 0.171 e. The normalized spacial score (nSPS) is 13.7. The van der Waals surface area contributed by atoms with E-state index in [0.29, 0.717) is 5.56 Å². The van der Waals surface area contributed by atoms with E-state index in [4.69, 9.17) is 16.0 Å². The lowest BCUT2D eigenvalue weighted by Gasteiger charge is -2.11. The molecule has 1 aromatic rings. The second-order valence-corrected chi connectivity index (χ2v) is 5.70. The van der Waals surface area contributed by atoms with E-state index >= 15 is 0 Å². The highest BCUT2D eigenvalue weighted by atomic mass is 79.9. The Kier molecular flexibility index (Phi) is 5.80. The first-order valence-corrected chi connectivity index (χ1v) is 6.87. The number of aliphatic hydroxyl groups is 1. The Morgan fingerprint density at radius 2 is 2.29 bits per heavy atom. The van der Waals surface area contributed by atoms with Crippen molar-refractivity contribution in [3.63, 3.8) is 0 Å². The zero-order chi connectivity index (χ0) is 12.8. The van der Waals surface area contributed by atoms with Crippen molar-refractivity contribution in [3.8, 4) is 0 Å². The van der Waals surface area contributed by atoms with Gasteiger partial charge in [0.1, 0.15) is 0 Å². The lowest BCUT2D eigenvalue weighted by Crippen LogP contribution is -2.14. The van der Waals surface area contributed by atoms with Crippen LogP contribution in [-0.2, 0) is 0 Å². The third kappa shape index (κ3) is 4.22. The average Bonchev–Trinajstić information content (AvgIpc) is 2.35. The maximum atomic E-state index is 8.97. The molecule has 0 saturated carbocycles. The molecule has 6 heteroatoms. The Morgan fingerprint density at radius 3 is 2.88 bits per heavy atom. The third-order valence-corrected chi connectivity index (χ3v) is 4.06. The van der Waals surface area contributed by atoms with Crippen LogP contribution < -0.4 is 5.73 Å². The first kappa shape index (κ1) is 14.3. The number of hydrogen-bond donors (Lipinski definition) is 3. The van der Waals surface area contributed by atoms with Gasteiger partial charge in [0.2, 0.25) is 0 Å². The van der Waals surface area contributed by atoms with Crippen LogP contribution in [0.5, 0.6) is 0 Å². The van der Waals surface area contributed by atoms with Gasteiger partial charge in [-0.2, -0.15) is 0 Å². The van der Waals surface area contributed by atoms with Gasteiger partial charge in [0, 0.05) is 27.3 Å². The molecule has 0 aliphatic carbocycles. The summed E-state index contributed by atoms with van der Waals surface area (Å²) in [5.41, 5.74) is 6.31. The number of nitrogens with zero attached hydrogens (tertiary/aromatic N) is 1. The number of rotatable bonds is 5. The first-order chi connectivity index (χ1) is 8.08. The summed E-state index contributed by atoms with van der Waals surface area (Å²) >= 11 is 4.93. The highest BCUT2D eigenvalue weighted by Crippen LogP contribution is 2.27. The Balaban J connectivity index is 2.91. The molecular weight excluding hydrogens is 304 g/mol. The van der Waals surface area contributed by atoms with E-state index in [2.05, 4.69) is 21.1 Å². The van der Waals surface area contributed by atoms with Gasteiger partial charge in [-0.05, 0) is 24.1 Å². The molecule has 0 fully saturated rings. The fourth-order valence-electron chi connectivity index (χ4n) is 1.17. The van der Waals surface area contributed by atoms with Crippen molar-refractivity contribution in [2.24, 2.45) is 16.8 Å². The van der Waals surface area contributed by atoms with Crippen molar-refractivity contribution < 1.29 is 10.3 Å². The Labute approximate surface area is 113 Å². The van der Waals surface area contributed by atoms with E-state index in [1.165, 1.54) is 0 Å². The second-order valence-electron chi connectivity index (χ2n) is 3.72. The lowest BCUT2D eigenvalue weighted by molar-refractivity contribution is 0.250. The van der Waals surface area contributed by atoms with Crippen LogP contribution in [0.3, 0.4) is 0 Å². The standard InChI is InChI=1S/C11H15BrN2O2S/c1-7(5-15)6-17-10-3-2-8(12)4-9(10)11(13)14-16/h2-4,7,15-16H,5-6H2,1H3,(H2,13,14). The molecule has 0 aliphatic heterocycles. The van der Waals surface area contributed by atoms with E-state index < -0.39 is 0 Å².